The summed E-state index contributed by atoms with van der Waals surface area (Å²) >= 11 is 5.70. The fraction of sp³-hybridized carbons (Fsp3) is 0.188. The summed E-state index contributed by atoms with van der Waals surface area (Å²) in [5.74, 6) is -0.638. The second-order valence-corrected chi connectivity index (χ2v) is 7.37. The Balaban J connectivity index is 2.03. The predicted octanol–water partition coefficient (Wildman–Crippen LogP) is 2.95. The van der Waals surface area contributed by atoms with Crippen LogP contribution in [0, 0.1) is 0 Å². The molecule has 0 heterocycles. The van der Waals surface area contributed by atoms with Crippen LogP contribution in [0.15, 0.2) is 53.4 Å². The smallest absolute Gasteiger partial charge is 0.351 e. The highest BCUT2D eigenvalue weighted by Gasteiger charge is 2.32. The fourth-order valence-electron chi connectivity index (χ4n) is 1.98. The zero-order chi connectivity index (χ0) is 19.4. The average Bonchev–Trinajstić information content (AvgIpc) is 2.58. The molecule has 0 aliphatic carbocycles. The Kier molecular flexibility index (Phi) is 6.27. The van der Waals surface area contributed by atoms with E-state index >= 15 is 0 Å². The van der Waals surface area contributed by atoms with E-state index in [1.165, 1.54) is 0 Å². The molecule has 0 atom stereocenters. The van der Waals surface area contributed by atoms with E-state index < -0.39 is 39.1 Å². The maximum atomic E-state index is 12.7. The third-order valence-electron chi connectivity index (χ3n) is 3.30. The molecule has 1 amide bonds. The zero-order valence-corrected chi connectivity index (χ0v) is 14.8. The molecule has 10 heteroatoms. The van der Waals surface area contributed by atoms with Gasteiger partial charge in [0.15, 0.2) is 0 Å². The molecule has 2 N–H and O–H groups in total. The lowest BCUT2D eigenvalue weighted by Crippen LogP contribution is -2.36. The Hall–Kier alpha value is -2.10. The monoisotopic (exact) mass is 406 g/mol. The van der Waals surface area contributed by atoms with Gasteiger partial charge >= 0.3 is 6.18 Å². The van der Waals surface area contributed by atoms with E-state index in [9.17, 15) is 26.4 Å². The fourth-order valence-corrected chi connectivity index (χ4v) is 3.49. The number of benzene rings is 2. The summed E-state index contributed by atoms with van der Waals surface area (Å²) in [7, 11) is -4.39. The molecule has 0 bridgehead atoms. The van der Waals surface area contributed by atoms with E-state index in [0.717, 1.165) is 11.6 Å². The van der Waals surface area contributed by atoms with Gasteiger partial charge in [-0.25, -0.2) is 13.1 Å². The van der Waals surface area contributed by atoms with E-state index in [1.54, 1.807) is 30.3 Å². The second-order valence-electron chi connectivity index (χ2n) is 5.23. The van der Waals surface area contributed by atoms with E-state index in [2.05, 4.69) is 5.32 Å². The topological polar surface area (TPSA) is 75.3 Å². The van der Waals surface area contributed by atoms with Crippen molar-refractivity contribution in [1.82, 2.24) is 10.0 Å². The van der Waals surface area contributed by atoms with Gasteiger partial charge in [-0.1, -0.05) is 41.9 Å². The Morgan fingerprint density at radius 3 is 2.35 bits per heavy atom. The molecule has 0 saturated carbocycles. The van der Waals surface area contributed by atoms with Crippen LogP contribution in [0.2, 0.25) is 5.02 Å². The molecular formula is C16H14ClF3N2O3S. The van der Waals surface area contributed by atoms with Gasteiger partial charge in [0.25, 0.3) is 0 Å². The molecule has 0 aromatic heterocycles. The molecular weight excluding hydrogens is 393 g/mol. The molecule has 0 aliphatic rings. The lowest BCUT2D eigenvalue weighted by atomic mass is 10.2. The number of sulfonamides is 1. The minimum absolute atomic E-state index is 0.186. The summed E-state index contributed by atoms with van der Waals surface area (Å²) in [4.78, 5) is 11.0. The molecule has 26 heavy (non-hydrogen) atoms. The van der Waals surface area contributed by atoms with Gasteiger partial charge in [0.2, 0.25) is 15.9 Å². The van der Waals surface area contributed by atoms with Crippen LogP contribution in [0.5, 0.6) is 0 Å². The highest BCUT2D eigenvalue weighted by atomic mass is 35.5. The zero-order valence-electron chi connectivity index (χ0n) is 13.2. The van der Waals surface area contributed by atoms with Gasteiger partial charge in [0.1, 0.15) is 4.90 Å². The maximum Gasteiger partial charge on any atom is 0.416 e. The molecule has 0 aliphatic heterocycles. The van der Waals surface area contributed by atoms with Gasteiger partial charge in [-0.05, 0) is 23.8 Å². The summed E-state index contributed by atoms with van der Waals surface area (Å²) in [6.45, 7) is -0.451. The molecule has 2 aromatic rings. The Morgan fingerprint density at radius 2 is 1.73 bits per heavy atom. The summed E-state index contributed by atoms with van der Waals surface area (Å²) in [5, 5.41) is 2.11. The number of halogens is 4. The van der Waals surface area contributed by atoms with Crippen molar-refractivity contribution in [3.63, 3.8) is 0 Å². The van der Waals surface area contributed by atoms with Gasteiger partial charge in [-0.3, -0.25) is 4.79 Å². The highest BCUT2D eigenvalue weighted by Crippen LogP contribution is 2.33. The quantitative estimate of drug-likeness (QED) is 0.774. The SMILES string of the molecule is O=C(CNS(=O)(=O)c1cc(C(F)(F)F)ccc1Cl)NCc1ccccc1. The van der Waals surface area contributed by atoms with E-state index in [1.807, 2.05) is 4.72 Å². The molecule has 2 aromatic carbocycles. The number of carbonyl (C=O) groups excluding carboxylic acids is 1. The third-order valence-corrected chi connectivity index (χ3v) is 5.19. The third kappa shape index (κ3) is 5.45. The first-order valence-electron chi connectivity index (χ1n) is 7.26. The van der Waals surface area contributed by atoms with Gasteiger partial charge in [-0.15, -0.1) is 0 Å². The molecule has 0 fully saturated rings. The van der Waals surface area contributed by atoms with Gasteiger partial charge in [0.05, 0.1) is 17.1 Å². The van der Waals surface area contributed by atoms with Gasteiger partial charge in [0, 0.05) is 6.54 Å². The number of carbonyl (C=O) groups is 1. The van der Waals surface area contributed by atoms with Crippen molar-refractivity contribution in [2.24, 2.45) is 0 Å². The minimum Gasteiger partial charge on any atom is -0.351 e. The van der Waals surface area contributed by atoms with E-state index in [4.69, 9.17) is 11.6 Å². The van der Waals surface area contributed by atoms with Crippen LogP contribution in [-0.2, 0) is 27.5 Å². The summed E-state index contributed by atoms with van der Waals surface area (Å²) < 4.78 is 64.5. The molecule has 0 unspecified atom stereocenters. The van der Waals surface area contributed by atoms with E-state index in [-0.39, 0.29) is 11.6 Å². The van der Waals surface area contributed by atoms with Crippen molar-refractivity contribution >= 4 is 27.5 Å². The number of hydrogen-bond donors (Lipinski definition) is 2. The molecule has 140 valence electrons. The predicted molar refractivity (Wildman–Crippen MR) is 89.9 cm³/mol. The first-order chi connectivity index (χ1) is 12.1. The van der Waals surface area contributed by atoms with Crippen molar-refractivity contribution in [1.29, 1.82) is 0 Å². The van der Waals surface area contributed by atoms with Crippen molar-refractivity contribution in [3.05, 3.63) is 64.7 Å². The molecule has 0 radical (unpaired) electrons. The Labute approximate surface area is 153 Å². The Morgan fingerprint density at radius 1 is 1.08 bits per heavy atom. The van der Waals surface area contributed by atoms with E-state index in [0.29, 0.717) is 12.1 Å². The molecule has 0 spiro atoms. The van der Waals surface area contributed by atoms with Crippen LogP contribution in [0.3, 0.4) is 0 Å². The normalized spacial score (nSPS) is 12.0. The summed E-state index contributed by atoms with van der Waals surface area (Å²) in [6.07, 6.45) is -4.72. The van der Waals surface area contributed by atoms with Crippen LogP contribution in [0.4, 0.5) is 13.2 Å². The number of hydrogen-bond acceptors (Lipinski definition) is 3. The van der Waals surface area contributed by atoms with Crippen LogP contribution in [-0.4, -0.2) is 20.9 Å². The first kappa shape index (κ1) is 20.2. The molecule has 2 rings (SSSR count). The minimum atomic E-state index is -4.72. The number of nitrogens with one attached hydrogen (secondary N) is 2. The molecule has 0 saturated heterocycles. The van der Waals surface area contributed by atoms with Crippen molar-refractivity contribution in [2.45, 2.75) is 17.6 Å². The van der Waals surface area contributed by atoms with Crippen LogP contribution in [0.1, 0.15) is 11.1 Å². The Bertz CT molecular complexity index is 887. The van der Waals surface area contributed by atoms with Crippen LogP contribution in [0.25, 0.3) is 0 Å². The standard InChI is InChI=1S/C16H14ClF3N2O3S/c17-13-7-6-12(16(18,19)20)8-14(13)26(24,25)22-10-15(23)21-9-11-4-2-1-3-5-11/h1-8,22H,9-10H2,(H,21,23). The first-order valence-corrected chi connectivity index (χ1v) is 9.13. The maximum absolute atomic E-state index is 12.7. The highest BCUT2D eigenvalue weighted by molar-refractivity contribution is 7.89. The number of amides is 1. The van der Waals surface area contributed by atoms with Crippen molar-refractivity contribution in [3.8, 4) is 0 Å². The van der Waals surface area contributed by atoms with Gasteiger partial charge < -0.3 is 5.32 Å². The molecule has 5 nitrogen and oxygen atoms in total. The van der Waals surface area contributed by atoms with Gasteiger partial charge in [-0.2, -0.15) is 13.2 Å². The van der Waals surface area contributed by atoms with Crippen molar-refractivity contribution < 1.29 is 26.4 Å². The van der Waals surface area contributed by atoms with Crippen molar-refractivity contribution in [2.75, 3.05) is 6.54 Å². The average molecular weight is 407 g/mol. The second kappa shape index (κ2) is 8.07. The van der Waals surface area contributed by atoms with Crippen LogP contribution >= 0.6 is 11.6 Å². The summed E-state index contributed by atoms with van der Waals surface area (Å²) in [6, 6.07) is 10.8. The lowest BCUT2D eigenvalue weighted by Gasteiger charge is -2.12. The number of alkyl halides is 3. The van der Waals surface area contributed by atoms with Crippen LogP contribution < -0.4 is 10.0 Å². The summed E-state index contributed by atoms with van der Waals surface area (Å²) in [5.41, 5.74) is -0.347. The number of rotatable bonds is 6. The lowest BCUT2D eigenvalue weighted by molar-refractivity contribution is -0.137. The largest absolute Gasteiger partial charge is 0.416 e.